The molecule has 6 nitrogen and oxygen atoms in total. The Morgan fingerprint density at radius 3 is 2.96 bits per heavy atom. The molecule has 0 aliphatic carbocycles. The summed E-state index contributed by atoms with van der Waals surface area (Å²) in [6, 6.07) is 6.08. The predicted molar refractivity (Wildman–Crippen MR) is 93.1 cm³/mol. The first-order chi connectivity index (χ1) is 12.3. The third-order valence-electron chi connectivity index (χ3n) is 5.05. The van der Waals surface area contributed by atoms with E-state index >= 15 is 0 Å². The fourth-order valence-corrected chi connectivity index (χ4v) is 3.89. The molecule has 6 heteroatoms. The minimum atomic E-state index is 0.0459. The van der Waals surface area contributed by atoms with E-state index in [0.717, 1.165) is 51.2 Å². The van der Waals surface area contributed by atoms with Crippen molar-refractivity contribution in [3.63, 3.8) is 0 Å². The van der Waals surface area contributed by atoms with Gasteiger partial charge in [0, 0.05) is 44.8 Å². The van der Waals surface area contributed by atoms with Gasteiger partial charge in [0.1, 0.15) is 0 Å². The largest absolute Gasteiger partial charge is 0.477 e. The third kappa shape index (κ3) is 4.14. The summed E-state index contributed by atoms with van der Waals surface area (Å²) >= 11 is 0. The molecule has 2 aliphatic rings. The van der Waals surface area contributed by atoms with E-state index in [-0.39, 0.29) is 5.60 Å². The number of nitrogens with zero attached hydrogens (tertiary/aromatic N) is 4. The maximum atomic E-state index is 6.14. The lowest BCUT2D eigenvalue weighted by Crippen LogP contribution is -2.64. The van der Waals surface area contributed by atoms with Gasteiger partial charge in [-0.15, -0.1) is 0 Å². The molecule has 4 rings (SSSR count). The summed E-state index contributed by atoms with van der Waals surface area (Å²) < 4.78 is 11.8. The van der Waals surface area contributed by atoms with Crippen molar-refractivity contribution in [3.8, 4) is 5.88 Å². The van der Waals surface area contributed by atoms with E-state index in [0.29, 0.717) is 18.4 Å². The van der Waals surface area contributed by atoms with Crippen LogP contribution in [0.15, 0.2) is 43.0 Å². The summed E-state index contributed by atoms with van der Waals surface area (Å²) in [4.78, 5) is 15.0. The van der Waals surface area contributed by atoms with Crippen LogP contribution in [0.25, 0.3) is 0 Å². The molecule has 1 unspecified atom stereocenters. The highest BCUT2D eigenvalue weighted by Crippen LogP contribution is 2.38. The van der Waals surface area contributed by atoms with Gasteiger partial charge in [-0.1, -0.05) is 6.07 Å². The van der Waals surface area contributed by atoms with Gasteiger partial charge in [0.25, 0.3) is 0 Å². The first kappa shape index (κ1) is 16.4. The Hall–Kier alpha value is -2.05. The molecule has 0 aromatic carbocycles. The summed E-state index contributed by atoms with van der Waals surface area (Å²) in [6.07, 6.45) is 10.1. The molecule has 1 spiro atoms. The van der Waals surface area contributed by atoms with Crippen LogP contribution in [0.4, 0.5) is 0 Å². The average Bonchev–Trinajstić information content (AvgIpc) is 2.63. The highest BCUT2D eigenvalue weighted by molar-refractivity contribution is 5.07. The molecule has 0 radical (unpaired) electrons. The number of pyridine rings is 1. The third-order valence-corrected chi connectivity index (χ3v) is 5.05. The van der Waals surface area contributed by atoms with Gasteiger partial charge >= 0.3 is 0 Å². The lowest BCUT2D eigenvalue weighted by molar-refractivity contribution is -0.182. The zero-order valence-corrected chi connectivity index (χ0v) is 14.4. The summed E-state index contributed by atoms with van der Waals surface area (Å²) in [6.45, 7) is 4.47. The molecular weight excluding hydrogens is 316 g/mol. The van der Waals surface area contributed by atoms with Crippen LogP contribution in [0.1, 0.15) is 25.0 Å². The van der Waals surface area contributed by atoms with Crippen LogP contribution in [-0.4, -0.2) is 51.8 Å². The van der Waals surface area contributed by atoms with Crippen LogP contribution < -0.4 is 4.74 Å². The van der Waals surface area contributed by atoms with Gasteiger partial charge in [-0.05, 0) is 37.3 Å². The summed E-state index contributed by atoms with van der Waals surface area (Å²) in [5.74, 6) is 1.26. The molecule has 2 aromatic heterocycles. The first-order valence-corrected chi connectivity index (χ1v) is 8.96. The molecule has 0 N–H and O–H groups in total. The minimum absolute atomic E-state index is 0.0459. The van der Waals surface area contributed by atoms with E-state index in [9.17, 15) is 0 Å². The Balaban J connectivity index is 1.22. The topological polar surface area (TPSA) is 60.4 Å². The van der Waals surface area contributed by atoms with Crippen molar-refractivity contribution in [1.29, 1.82) is 0 Å². The fourth-order valence-electron chi connectivity index (χ4n) is 3.89. The van der Waals surface area contributed by atoms with Crippen molar-refractivity contribution in [2.75, 3.05) is 26.3 Å². The second-order valence-corrected chi connectivity index (χ2v) is 7.04. The van der Waals surface area contributed by atoms with Gasteiger partial charge in [-0.2, -0.15) is 0 Å². The molecular formula is C19H24N4O2. The van der Waals surface area contributed by atoms with Crippen LogP contribution in [0.3, 0.4) is 0 Å². The van der Waals surface area contributed by atoms with Crippen LogP contribution >= 0.6 is 0 Å². The van der Waals surface area contributed by atoms with E-state index in [1.54, 1.807) is 18.6 Å². The van der Waals surface area contributed by atoms with Gasteiger partial charge in [0.2, 0.25) is 5.88 Å². The van der Waals surface area contributed by atoms with Crippen LogP contribution in [-0.2, 0) is 11.3 Å². The molecule has 25 heavy (non-hydrogen) atoms. The highest BCUT2D eigenvalue weighted by Gasteiger charge is 2.47. The van der Waals surface area contributed by atoms with E-state index in [4.69, 9.17) is 9.47 Å². The van der Waals surface area contributed by atoms with Crippen LogP contribution in [0.2, 0.25) is 0 Å². The number of aromatic nitrogens is 3. The molecule has 0 amide bonds. The van der Waals surface area contributed by atoms with E-state index < -0.39 is 0 Å². The molecule has 132 valence electrons. The zero-order valence-electron chi connectivity index (χ0n) is 14.4. The Morgan fingerprint density at radius 2 is 2.16 bits per heavy atom. The van der Waals surface area contributed by atoms with Crippen molar-refractivity contribution >= 4 is 0 Å². The van der Waals surface area contributed by atoms with Crippen molar-refractivity contribution in [3.05, 3.63) is 48.7 Å². The van der Waals surface area contributed by atoms with Crippen molar-refractivity contribution in [2.45, 2.75) is 31.4 Å². The summed E-state index contributed by atoms with van der Waals surface area (Å²) in [5, 5.41) is 0. The van der Waals surface area contributed by atoms with E-state index in [1.807, 2.05) is 18.3 Å². The normalized spacial score (nSPS) is 22.5. The van der Waals surface area contributed by atoms with Crippen LogP contribution in [0, 0.1) is 5.92 Å². The molecule has 0 bridgehead atoms. The molecule has 4 heterocycles. The molecule has 2 saturated heterocycles. The van der Waals surface area contributed by atoms with Crippen molar-refractivity contribution in [2.24, 2.45) is 5.92 Å². The molecule has 1 atom stereocenters. The summed E-state index contributed by atoms with van der Waals surface area (Å²) in [5.41, 5.74) is 1.17. The lowest BCUT2D eigenvalue weighted by atomic mass is 9.79. The van der Waals surface area contributed by atoms with Crippen LogP contribution in [0.5, 0.6) is 5.88 Å². The Morgan fingerprint density at radius 1 is 1.20 bits per heavy atom. The SMILES string of the molecule is c1ccc(CN2CC3(CC(CCOc4cnccn4)CCO3)C2)nc1. The minimum Gasteiger partial charge on any atom is -0.477 e. The Kier molecular flexibility index (Phi) is 4.90. The number of hydrogen-bond acceptors (Lipinski definition) is 6. The number of ether oxygens (including phenoxy) is 2. The van der Waals surface area contributed by atoms with Gasteiger partial charge in [0.15, 0.2) is 0 Å². The average molecular weight is 340 g/mol. The lowest BCUT2D eigenvalue weighted by Gasteiger charge is -2.53. The standard InChI is InChI=1S/C19H24N4O2/c1-2-6-21-17(3-1)13-23-14-19(15-23)11-16(5-10-25-19)4-9-24-18-12-20-7-8-22-18/h1-3,6-8,12,16H,4-5,9-11,13-15H2. The maximum Gasteiger partial charge on any atom is 0.232 e. The number of hydrogen-bond donors (Lipinski definition) is 0. The first-order valence-electron chi connectivity index (χ1n) is 8.96. The molecule has 2 fully saturated rings. The van der Waals surface area contributed by atoms with E-state index in [1.165, 1.54) is 0 Å². The predicted octanol–water partition coefficient (Wildman–Crippen LogP) is 2.32. The second kappa shape index (κ2) is 7.45. The maximum absolute atomic E-state index is 6.14. The van der Waals surface area contributed by atoms with Gasteiger partial charge in [0.05, 0.1) is 24.1 Å². The smallest absolute Gasteiger partial charge is 0.232 e. The molecule has 0 saturated carbocycles. The van der Waals surface area contributed by atoms with Crippen molar-refractivity contribution in [1.82, 2.24) is 19.9 Å². The number of rotatable bonds is 6. The zero-order chi connectivity index (χ0) is 17.0. The molecule has 2 aliphatic heterocycles. The fraction of sp³-hybridized carbons (Fsp3) is 0.526. The van der Waals surface area contributed by atoms with E-state index in [2.05, 4.69) is 25.9 Å². The Bertz CT molecular complexity index is 662. The quantitative estimate of drug-likeness (QED) is 0.804. The monoisotopic (exact) mass is 340 g/mol. The summed E-state index contributed by atoms with van der Waals surface area (Å²) in [7, 11) is 0. The second-order valence-electron chi connectivity index (χ2n) is 7.04. The highest BCUT2D eigenvalue weighted by atomic mass is 16.5. The van der Waals surface area contributed by atoms with Gasteiger partial charge in [-0.25, -0.2) is 4.98 Å². The van der Waals surface area contributed by atoms with Crippen molar-refractivity contribution < 1.29 is 9.47 Å². The Labute approximate surface area is 148 Å². The van der Waals surface area contributed by atoms with Gasteiger partial charge in [-0.3, -0.25) is 14.9 Å². The number of likely N-dealkylation sites (tertiary alicyclic amines) is 1. The molecule has 2 aromatic rings. The van der Waals surface area contributed by atoms with Gasteiger partial charge < -0.3 is 9.47 Å².